The zero-order valence-corrected chi connectivity index (χ0v) is 10.8. The molecule has 2 rings (SSSR count). The minimum Gasteiger partial charge on any atom is -0.478 e. The van der Waals surface area contributed by atoms with Crippen molar-refractivity contribution in [2.45, 2.75) is 13.3 Å². The number of hydrogen-bond donors (Lipinski definition) is 1. The molecule has 18 heavy (non-hydrogen) atoms. The van der Waals surface area contributed by atoms with Crippen LogP contribution in [-0.2, 0) is 0 Å². The van der Waals surface area contributed by atoms with E-state index in [0.29, 0.717) is 5.56 Å². The highest BCUT2D eigenvalue weighted by atomic mass is 16.4. The molecule has 0 aliphatic carbocycles. The van der Waals surface area contributed by atoms with E-state index in [1.165, 1.54) is 0 Å². The van der Waals surface area contributed by atoms with E-state index in [0.717, 1.165) is 44.8 Å². The summed E-state index contributed by atoms with van der Waals surface area (Å²) in [6.07, 6.45) is 1.09. The van der Waals surface area contributed by atoms with Crippen LogP contribution in [0.5, 0.6) is 0 Å². The minimum absolute atomic E-state index is 0.405. The van der Waals surface area contributed by atoms with Crippen molar-refractivity contribution in [3.63, 3.8) is 0 Å². The summed E-state index contributed by atoms with van der Waals surface area (Å²) < 4.78 is 0. The third kappa shape index (κ3) is 2.82. The highest BCUT2D eigenvalue weighted by Gasteiger charge is 2.18. The molecule has 0 radical (unpaired) electrons. The number of rotatable bonds is 3. The first kappa shape index (κ1) is 12.9. The molecule has 0 spiro atoms. The third-order valence-electron chi connectivity index (χ3n) is 3.51. The Hall–Kier alpha value is -1.55. The van der Waals surface area contributed by atoms with Crippen LogP contribution in [0.2, 0.25) is 0 Å². The van der Waals surface area contributed by atoms with Gasteiger partial charge in [-0.05, 0) is 31.6 Å². The number of benzene rings is 1. The van der Waals surface area contributed by atoms with Gasteiger partial charge in [-0.3, -0.25) is 0 Å². The molecule has 1 N–H and O–H groups in total. The number of carbonyl (C=O) groups is 1. The zero-order chi connectivity index (χ0) is 13.0. The average molecular weight is 248 g/mol. The fourth-order valence-corrected chi connectivity index (χ4v) is 2.46. The summed E-state index contributed by atoms with van der Waals surface area (Å²) in [6.45, 7) is 7.17. The van der Waals surface area contributed by atoms with Crippen molar-refractivity contribution < 1.29 is 9.90 Å². The lowest BCUT2D eigenvalue weighted by Crippen LogP contribution is -2.31. The molecule has 1 aliphatic heterocycles. The summed E-state index contributed by atoms with van der Waals surface area (Å²) in [4.78, 5) is 15.8. The Balaban J connectivity index is 2.18. The second kappa shape index (κ2) is 5.87. The van der Waals surface area contributed by atoms with Gasteiger partial charge in [0.25, 0.3) is 0 Å². The highest BCUT2D eigenvalue weighted by molar-refractivity contribution is 5.94. The molecule has 0 atom stereocenters. The number of para-hydroxylation sites is 1. The molecule has 0 saturated carbocycles. The first-order chi connectivity index (χ1) is 8.72. The summed E-state index contributed by atoms with van der Waals surface area (Å²) in [5, 5.41) is 9.23. The number of hydrogen-bond acceptors (Lipinski definition) is 3. The molecule has 1 saturated heterocycles. The monoisotopic (exact) mass is 248 g/mol. The van der Waals surface area contributed by atoms with Gasteiger partial charge in [-0.2, -0.15) is 0 Å². The van der Waals surface area contributed by atoms with Crippen LogP contribution in [0.15, 0.2) is 24.3 Å². The van der Waals surface area contributed by atoms with Crippen LogP contribution >= 0.6 is 0 Å². The molecule has 98 valence electrons. The molecule has 0 unspecified atom stereocenters. The number of aromatic carboxylic acids is 1. The fourth-order valence-electron chi connectivity index (χ4n) is 2.46. The maximum absolute atomic E-state index is 11.2. The Labute approximate surface area is 108 Å². The van der Waals surface area contributed by atoms with Crippen molar-refractivity contribution in [2.24, 2.45) is 0 Å². The van der Waals surface area contributed by atoms with E-state index in [-0.39, 0.29) is 0 Å². The van der Waals surface area contributed by atoms with Crippen molar-refractivity contribution in [3.05, 3.63) is 29.8 Å². The quantitative estimate of drug-likeness (QED) is 0.887. The zero-order valence-electron chi connectivity index (χ0n) is 10.8. The van der Waals surface area contributed by atoms with E-state index >= 15 is 0 Å². The van der Waals surface area contributed by atoms with Crippen LogP contribution < -0.4 is 4.90 Å². The lowest BCUT2D eigenvalue weighted by molar-refractivity contribution is 0.0697. The SMILES string of the molecule is CCN1CCCN(c2ccccc2C(=O)O)CC1. The van der Waals surface area contributed by atoms with Crippen LogP contribution in [0, 0.1) is 0 Å². The predicted octanol–water partition coefficient (Wildman–Crippen LogP) is 1.92. The van der Waals surface area contributed by atoms with Gasteiger partial charge < -0.3 is 14.9 Å². The third-order valence-corrected chi connectivity index (χ3v) is 3.51. The molecule has 1 aromatic carbocycles. The predicted molar refractivity (Wildman–Crippen MR) is 72.3 cm³/mol. The van der Waals surface area contributed by atoms with Crippen molar-refractivity contribution in [1.29, 1.82) is 0 Å². The van der Waals surface area contributed by atoms with Crippen LogP contribution in [-0.4, -0.2) is 48.7 Å². The summed E-state index contributed by atoms with van der Waals surface area (Å²) >= 11 is 0. The molecule has 0 aromatic heterocycles. The van der Waals surface area contributed by atoms with E-state index in [9.17, 15) is 9.90 Å². The Morgan fingerprint density at radius 3 is 2.72 bits per heavy atom. The highest BCUT2D eigenvalue weighted by Crippen LogP contribution is 2.21. The molecular formula is C14H20N2O2. The molecule has 0 amide bonds. The molecule has 4 nitrogen and oxygen atoms in total. The summed E-state index contributed by atoms with van der Waals surface area (Å²) in [6, 6.07) is 7.28. The summed E-state index contributed by atoms with van der Waals surface area (Å²) in [7, 11) is 0. The van der Waals surface area contributed by atoms with E-state index in [1.807, 2.05) is 12.1 Å². The molecule has 1 heterocycles. The van der Waals surface area contributed by atoms with Crippen molar-refractivity contribution in [2.75, 3.05) is 37.6 Å². The standard InChI is InChI=1S/C14H20N2O2/c1-2-15-8-5-9-16(11-10-15)13-7-4-3-6-12(13)14(17)18/h3-4,6-7H,2,5,8-11H2,1H3,(H,17,18). The Morgan fingerprint density at radius 2 is 2.00 bits per heavy atom. The van der Waals surface area contributed by atoms with Gasteiger partial charge in [0.15, 0.2) is 0 Å². The lowest BCUT2D eigenvalue weighted by Gasteiger charge is -2.24. The van der Waals surface area contributed by atoms with Gasteiger partial charge in [-0.25, -0.2) is 4.79 Å². The van der Waals surface area contributed by atoms with Gasteiger partial charge in [0.1, 0.15) is 0 Å². The normalized spacial score (nSPS) is 17.5. The van der Waals surface area contributed by atoms with Crippen molar-refractivity contribution in [1.82, 2.24) is 4.90 Å². The summed E-state index contributed by atoms with van der Waals surface area (Å²) in [5.74, 6) is -0.845. The molecule has 4 heteroatoms. The van der Waals surface area contributed by atoms with Gasteiger partial charge >= 0.3 is 5.97 Å². The summed E-state index contributed by atoms with van der Waals surface area (Å²) in [5.41, 5.74) is 1.26. The van der Waals surface area contributed by atoms with Gasteiger partial charge in [-0.1, -0.05) is 19.1 Å². The Morgan fingerprint density at radius 1 is 1.22 bits per heavy atom. The van der Waals surface area contributed by atoms with Gasteiger partial charge in [-0.15, -0.1) is 0 Å². The number of likely N-dealkylation sites (N-methyl/N-ethyl adjacent to an activating group) is 1. The van der Waals surface area contributed by atoms with Crippen LogP contribution in [0.25, 0.3) is 0 Å². The van der Waals surface area contributed by atoms with Crippen LogP contribution in [0.4, 0.5) is 5.69 Å². The topological polar surface area (TPSA) is 43.8 Å². The van der Waals surface area contributed by atoms with Crippen molar-refractivity contribution >= 4 is 11.7 Å². The van der Waals surface area contributed by atoms with Crippen molar-refractivity contribution in [3.8, 4) is 0 Å². The molecule has 0 bridgehead atoms. The Bertz CT molecular complexity index is 420. The van der Waals surface area contributed by atoms with Gasteiger partial charge in [0.05, 0.1) is 11.3 Å². The largest absolute Gasteiger partial charge is 0.478 e. The Kier molecular flexibility index (Phi) is 4.20. The fraction of sp³-hybridized carbons (Fsp3) is 0.500. The van der Waals surface area contributed by atoms with E-state index in [1.54, 1.807) is 12.1 Å². The van der Waals surface area contributed by atoms with Gasteiger partial charge in [0, 0.05) is 19.6 Å². The molecule has 1 fully saturated rings. The second-order valence-electron chi connectivity index (χ2n) is 4.60. The van der Waals surface area contributed by atoms with E-state index < -0.39 is 5.97 Å². The number of carboxylic acids is 1. The molecule has 1 aliphatic rings. The minimum atomic E-state index is -0.845. The molecular weight excluding hydrogens is 228 g/mol. The van der Waals surface area contributed by atoms with E-state index in [4.69, 9.17) is 0 Å². The first-order valence-electron chi connectivity index (χ1n) is 6.52. The smallest absolute Gasteiger partial charge is 0.337 e. The van der Waals surface area contributed by atoms with Crippen LogP contribution in [0.3, 0.4) is 0 Å². The van der Waals surface area contributed by atoms with Crippen LogP contribution in [0.1, 0.15) is 23.7 Å². The number of anilines is 1. The molecule has 1 aromatic rings. The second-order valence-corrected chi connectivity index (χ2v) is 4.60. The number of carboxylic acid groups (broad SMARTS) is 1. The lowest BCUT2D eigenvalue weighted by atomic mass is 10.1. The van der Waals surface area contributed by atoms with E-state index in [2.05, 4.69) is 16.7 Å². The average Bonchev–Trinajstić information content (AvgIpc) is 2.63. The maximum Gasteiger partial charge on any atom is 0.337 e. The number of nitrogens with zero attached hydrogens (tertiary/aromatic N) is 2. The van der Waals surface area contributed by atoms with Gasteiger partial charge in [0.2, 0.25) is 0 Å². The first-order valence-corrected chi connectivity index (χ1v) is 6.52. The maximum atomic E-state index is 11.2.